The van der Waals surface area contributed by atoms with Crippen LogP contribution in [0.3, 0.4) is 0 Å². The quantitative estimate of drug-likeness (QED) is 0.430. The summed E-state index contributed by atoms with van der Waals surface area (Å²) in [5.41, 5.74) is -0.208. The molecule has 0 fully saturated rings. The smallest absolute Gasteiger partial charge is 0.545 e. The third-order valence-electron chi connectivity index (χ3n) is 1.31. The number of non-ortho nitro benzene ring substituents is 1. The second-order valence-corrected chi connectivity index (χ2v) is 2.09. The van der Waals surface area contributed by atoms with Gasteiger partial charge in [-0.25, -0.2) is 0 Å². The molecule has 1 aromatic carbocycles. The molecule has 0 aliphatic rings. The van der Waals surface area contributed by atoms with Crippen LogP contribution in [0, 0.1) is 10.1 Å². The molecule has 1 aromatic rings. The molecule has 13 heavy (non-hydrogen) atoms. The van der Waals surface area contributed by atoms with Gasteiger partial charge in [-0.05, 0) is 17.7 Å². The third kappa shape index (κ3) is 2.98. The van der Waals surface area contributed by atoms with E-state index in [9.17, 15) is 20.0 Å². The second-order valence-electron chi connectivity index (χ2n) is 2.09. The summed E-state index contributed by atoms with van der Waals surface area (Å²) in [6, 6.07) is 4.50. The van der Waals surface area contributed by atoms with Crippen LogP contribution in [0.2, 0.25) is 0 Å². The monoisotopic (exact) mass is 273 g/mol. The van der Waals surface area contributed by atoms with Crippen molar-refractivity contribution in [3.05, 3.63) is 39.9 Å². The normalized spacial score (nSPS) is 8.62. The first kappa shape index (κ1) is 11.8. The summed E-state index contributed by atoms with van der Waals surface area (Å²) in [5.74, 6) is -1.34. The van der Waals surface area contributed by atoms with Gasteiger partial charge in [-0.3, -0.25) is 10.1 Å². The van der Waals surface area contributed by atoms with E-state index in [4.69, 9.17) is 0 Å². The Bertz CT molecular complexity index is 289. The Hall–Kier alpha value is -1.17. The first-order valence-corrected chi connectivity index (χ1v) is 3.07. The number of carbonyl (C=O) groups excluding carboxylic acids is 1. The summed E-state index contributed by atoms with van der Waals surface area (Å²) in [6.07, 6.45) is 0. The molecule has 0 unspecified atom stereocenters. The zero-order valence-electron chi connectivity index (χ0n) is 6.19. The molecule has 0 aromatic heterocycles. The largest absolute Gasteiger partial charge is 1.00 e. The fourth-order valence-corrected chi connectivity index (χ4v) is 0.719. The summed E-state index contributed by atoms with van der Waals surface area (Å²) in [6.45, 7) is 0. The Kier molecular flexibility index (Phi) is 4.33. The molecule has 1 rings (SSSR count). The molecule has 0 aliphatic heterocycles. The molecule has 5 nitrogen and oxygen atoms in total. The number of hydrogen-bond acceptors (Lipinski definition) is 4. The van der Waals surface area contributed by atoms with Crippen molar-refractivity contribution >= 4 is 11.7 Å². The van der Waals surface area contributed by atoms with Crippen molar-refractivity contribution in [2.75, 3.05) is 0 Å². The van der Waals surface area contributed by atoms with Gasteiger partial charge in [-0.1, -0.05) is 0 Å². The van der Waals surface area contributed by atoms with E-state index < -0.39 is 10.9 Å². The number of nitro benzene ring substituents is 1. The minimum atomic E-state index is -1.34. The van der Waals surface area contributed by atoms with Crippen LogP contribution in [0.25, 0.3) is 0 Å². The summed E-state index contributed by atoms with van der Waals surface area (Å²) in [7, 11) is 0. The number of carboxylic acids is 1. The van der Waals surface area contributed by atoms with E-state index in [0.29, 0.717) is 0 Å². The van der Waals surface area contributed by atoms with Gasteiger partial charge in [0, 0.05) is 12.1 Å². The summed E-state index contributed by atoms with van der Waals surface area (Å²) in [4.78, 5) is 19.7. The maximum atomic E-state index is 10.2. The van der Waals surface area contributed by atoms with E-state index in [0.717, 1.165) is 24.3 Å². The molecule has 0 radical (unpaired) electrons. The van der Waals surface area contributed by atoms with Gasteiger partial charge in [0.1, 0.15) is 0 Å². The average Bonchev–Trinajstić information content (AvgIpc) is 2.04. The van der Waals surface area contributed by atoms with E-state index in [1.807, 2.05) is 0 Å². The molecule has 0 spiro atoms. The fraction of sp³-hybridized carbons (Fsp3) is 0. The predicted molar refractivity (Wildman–Crippen MR) is 37.4 cm³/mol. The fourth-order valence-electron chi connectivity index (χ4n) is 0.719. The number of hydrogen-bond donors (Lipinski definition) is 0. The second kappa shape index (κ2) is 4.76. The first-order valence-electron chi connectivity index (χ1n) is 3.07. The van der Waals surface area contributed by atoms with Crippen molar-refractivity contribution in [3.8, 4) is 0 Å². The van der Waals surface area contributed by atoms with Gasteiger partial charge in [0.15, 0.2) is 0 Å². The van der Waals surface area contributed by atoms with Gasteiger partial charge in [0.25, 0.3) is 5.69 Å². The SMILES string of the molecule is O=C([O-])c1ccc([N+](=O)[O-])cc1.[Ag+]. The van der Waals surface area contributed by atoms with Gasteiger partial charge >= 0.3 is 22.4 Å². The molecule has 0 bridgehead atoms. The molecule has 0 N–H and O–H groups in total. The van der Waals surface area contributed by atoms with E-state index in [-0.39, 0.29) is 33.6 Å². The van der Waals surface area contributed by atoms with Crippen LogP contribution in [0.1, 0.15) is 10.4 Å². The Morgan fingerprint density at radius 1 is 1.23 bits per heavy atom. The van der Waals surface area contributed by atoms with Crippen molar-refractivity contribution in [2.24, 2.45) is 0 Å². The molecule has 72 valence electrons. The Morgan fingerprint density at radius 3 is 2.00 bits per heavy atom. The molecular weight excluding hydrogens is 270 g/mol. The Balaban J connectivity index is 0.00000144. The zero-order chi connectivity index (χ0) is 9.14. The van der Waals surface area contributed by atoms with Crippen molar-refractivity contribution in [1.29, 1.82) is 0 Å². The van der Waals surface area contributed by atoms with Gasteiger partial charge in [0.05, 0.1) is 10.9 Å². The molecule has 0 atom stereocenters. The zero-order valence-corrected chi connectivity index (χ0v) is 7.67. The molecule has 0 saturated carbocycles. The number of carboxylic acid groups (broad SMARTS) is 1. The standard InChI is InChI=1S/C7H5NO4.Ag/c9-7(10)5-1-3-6(4-2-5)8(11)12;/h1-4H,(H,9,10);/q;+1/p-1. The van der Waals surface area contributed by atoms with Crippen LogP contribution in [-0.2, 0) is 22.4 Å². The third-order valence-corrected chi connectivity index (χ3v) is 1.31. The molecule has 6 heteroatoms. The summed E-state index contributed by atoms with van der Waals surface area (Å²) >= 11 is 0. The van der Waals surface area contributed by atoms with E-state index in [1.54, 1.807) is 0 Å². The average molecular weight is 274 g/mol. The number of nitrogens with zero attached hydrogens (tertiary/aromatic N) is 1. The van der Waals surface area contributed by atoms with Crippen molar-refractivity contribution in [3.63, 3.8) is 0 Å². The van der Waals surface area contributed by atoms with Gasteiger partial charge in [0.2, 0.25) is 0 Å². The number of aromatic carboxylic acids is 1. The predicted octanol–water partition coefficient (Wildman–Crippen LogP) is -0.0442. The van der Waals surface area contributed by atoms with Gasteiger partial charge in [-0.15, -0.1) is 0 Å². The van der Waals surface area contributed by atoms with Crippen LogP contribution in [-0.4, -0.2) is 10.9 Å². The van der Waals surface area contributed by atoms with E-state index in [1.165, 1.54) is 0 Å². The Labute approximate surface area is 89.0 Å². The van der Waals surface area contributed by atoms with Crippen LogP contribution >= 0.6 is 0 Å². The maximum absolute atomic E-state index is 10.2. The van der Waals surface area contributed by atoms with Crippen LogP contribution < -0.4 is 5.11 Å². The minimum absolute atomic E-state index is 0. The number of carbonyl (C=O) groups is 1. The van der Waals surface area contributed by atoms with E-state index in [2.05, 4.69) is 0 Å². The van der Waals surface area contributed by atoms with Gasteiger partial charge < -0.3 is 9.90 Å². The molecule has 0 amide bonds. The van der Waals surface area contributed by atoms with Crippen LogP contribution in [0.15, 0.2) is 24.3 Å². The van der Waals surface area contributed by atoms with Crippen molar-refractivity contribution < 1.29 is 37.2 Å². The van der Waals surface area contributed by atoms with Crippen molar-refractivity contribution in [1.82, 2.24) is 0 Å². The molecule has 0 aliphatic carbocycles. The van der Waals surface area contributed by atoms with Crippen LogP contribution in [0.5, 0.6) is 0 Å². The minimum Gasteiger partial charge on any atom is -0.545 e. The van der Waals surface area contributed by atoms with Crippen molar-refractivity contribution in [2.45, 2.75) is 0 Å². The Morgan fingerprint density at radius 2 is 1.69 bits per heavy atom. The molecule has 0 heterocycles. The topological polar surface area (TPSA) is 83.3 Å². The summed E-state index contributed by atoms with van der Waals surface area (Å²) < 4.78 is 0. The van der Waals surface area contributed by atoms with Crippen LogP contribution in [0.4, 0.5) is 5.69 Å². The molecule has 0 saturated heterocycles. The van der Waals surface area contributed by atoms with Gasteiger partial charge in [-0.2, -0.15) is 0 Å². The summed E-state index contributed by atoms with van der Waals surface area (Å²) in [5, 5.41) is 20.3. The number of nitro groups is 1. The maximum Gasteiger partial charge on any atom is 1.00 e. The number of rotatable bonds is 2. The first-order chi connectivity index (χ1) is 5.61. The molecular formula is C7H4AgNO4. The number of benzene rings is 1. The van der Waals surface area contributed by atoms with E-state index >= 15 is 0 Å².